The van der Waals surface area contributed by atoms with Gasteiger partial charge in [-0.15, -0.1) is 0 Å². The standard InChI is InChI=1S/C34H32Cl3N3O3/c35-25-4-1-21(38)12-28(25)41-24-15-31(42-29-13-22(39)2-5-26(29)36)34(32(16-24)43-30-14-23(40)3-6-27(30)37)33-19-8-17-7-18(10-19)11-20(33)9-17/h1-6,12-20,33H,7-11,38-40H2. The molecule has 0 aromatic heterocycles. The smallest absolute Gasteiger partial charge is 0.148 e. The van der Waals surface area contributed by atoms with Crippen LogP contribution in [0.4, 0.5) is 17.1 Å². The third-order valence-electron chi connectivity index (χ3n) is 9.17. The molecular weight excluding hydrogens is 605 g/mol. The molecule has 0 atom stereocenters. The maximum atomic E-state index is 6.66. The van der Waals surface area contributed by atoms with Gasteiger partial charge in [-0.25, -0.2) is 0 Å². The number of ether oxygens (including phenoxy) is 3. The van der Waals surface area contributed by atoms with Crippen molar-refractivity contribution in [1.82, 2.24) is 0 Å². The highest BCUT2D eigenvalue weighted by Gasteiger charge is 2.50. The van der Waals surface area contributed by atoms with Crippen molar-refractivity contribution in [2.24, 2.45) is 23.7 Å². The zero-order chi connectivity index (χ0) is 29.8. The van der Waals surface area contributed by atoms with E-state index in [0.717, 1.165) is 17.4 Å². The molecule has 0 aliphatic heterocycles. The summed E-state index contributed by atoms with van der Waals surface area (Å²) in [7, 11) is 0. The molecule has 4 bridgehead atoms. The van der Waals surface area contributed by atoms with Crippen LogP contribution in [-0.2, 0) is 0 Å². The Bertz CT molecular complexity index is 1610. The summed E-state index contributed by atoms with van der Waals surface area (Å²) in [5.41, 5.74) is 20.9. The Morgan fingerprint density at radius 1 is 0.488 bits per heavy atom. The first kappa shape index (κ1) is 28.3. The lowest BCUT2D eigenvalue weighted by molar-refractivity contribution is -0.00397. The Balaban J connectivity index is 1.41. The van der Waals surface area contributed by atoms with E-state index in [1.165, 1.54) is 32.1 Å². The van der Waals surface area contributed by atoms with Gasteiger partial charge < -0.3 is 31.4 Å². The van der Waals surface area contributed by atoms with Crippen molar-refractivity contribution in [3.05, 3.63) is 87.4 Å². The largest absolute Gasteiger partial charge is 0.455 e. The summed E-state index contributed by atoms with van der Waals surface area (Å²) in [6, 6.07) is 19.2. The van der Waals surface area contributed by atoms with Gasteiger partial charge in [-0.1, -0.05) is 34.8 Å². The van der Waals surface area contributed by atoms with Gasteiger partial charge in [0.2, 0.25) is 0 Å². The Hall–Kier alpha value is -3.45. The molecule has 4 saturated carbocycles. The minimum atomic E-state index is 0.225. The average Bonchev–Trinajstić information content (AvgIpc) is 2.95. The fraction of sp³-hybridized carbons (Fsp3) is 0.294. The second-order valence-electron chi connectivity index (χ2n) is 12.2. The molecule has 4 aromatic carbocycles. The summed E-state index contributed by atoms with van der Waals surface area (Å²) in [5, 5.41) is 1.30. The molecule has 0 heterocycles. The average molecular weight is 637 g/mol. The monoisotopic (exact) mass is 635 g/mol. The molecular formula is C34H32Cl3N3O3. The van der Waals surface area contributed by atoms with Crippen LogP contribution >= 0.6 is 34.8 Å². The van der Waals surface area contributed by atoms with Crippen molar-refractivity contribution in [1.29, 1.82) is 0 Å². The minimum Gasteiger partial charge on any atom is -0.455 e. The van der Waals surface area contributed by atoms with Crippen LogP contribution in [0.15, 0.2) is 66.7 Å². The van der Waals surface area contributed by atoms with Crippen molar-refractivity contribution in [2.75, 3.05) is 17.2 Å². The number of anilines is 3. The SMILES string of the molecule is Nc1ccc(Cl)c(Oc2cc(Oc3cc(N)ccc3Cl)c(C3C4CC5CC(C4)CC3C5)c(Oc3cc(N)ccc3Cl)c2)c1. The number of hydrogen-bond donors (Lipinski definition) is 3. The first-order chi connectivity index (χ1) is 20.7. The van der Waals surface area contributed by atoms with Gasteiger partial charge in [0, 0.05) is 53.0 Å². The fourth-order valence-electron chi connectivity index (χ4n) is 7.69. The van der Waals surface area contributed by atoms with Gasteiger partial charge in [0.05, 0.1) is 15.1 Å². The molecule has 43 heavy (non-hydrogen) atoms. The molecule has 4 aromatic rings. The number of rotatable bonds is 7. The zero-order valence-electron chi connectivity index (χ0n) is 23.4. The van der Waals surface area contributed by atoms with E-state index in [-0.39, 0.29) is 5.92 Å². The summed E-state index contributed by atoms with van der Waals surface area (Å²) in [5.74, 6) is 5.73. The van der Waals surface area contributed by atoms with Gasteiger partial charge >= 0.3 is 0 Å². The third-order valence-corrected chi connectivity index (χ3v) is 10.1. The molecule has 8 rings (SSSR count). The van der Waals surface area contributed by atoms with Crippen LogP contribution < -0.4 is 31.4 Å². The highest BCUT2D eigenvalue weighted by Crippen LogP contribution is 2.63. The summed E-state index contributed by atoms with van der Waals surface area (Å²) in [6.45, 7) is 0. The van der Waals surface area contributed by atoms with Gasteiger partial charge in [-0.05, 0) is 98.1 Å². The van der Waals surface area contributed by atoms with Gasteiger partial charge in [0.1, 0.15) is 34.5 Å². The van der Waals surface area contributed by atoms with E-state index in [1.54, 1.807) is 54.6 Å². The molecule has 222 valence electrons. The van der Waals surface area contributed by atoms with Gasteiger partial charge in [-0.2, -0.15) is 0 Å². The first-order valence-corrected chi connectivity index (χ1v) is 15.7. The summed E-state index contributed by atoms with van der Waals surface area (Å²) >= 11 is 19.7. The lowest BCUT2D eigenvalue weighted by Gasteiger charge is -2.54. The predicted molar refractivity (Wildman–Crippen MR) is 174 cm³/mol. The van der Waals surface area contributed by atoms with Crippen molar-refractivity contribution in [3.63, 3.8) is 0 Å². The second kappa shape index (κ2) is 11.2. The summed E-state index contributed by atoms with van der Waals surface area (Å²) in [6.07, 6.45) is 6.15. The maximum Gasteiger partial charge on any atom is 0.148 e. The molecule has 0 amide bonds. The van der Waals surface area contributed by atoms with Crippen LogP contribution in [0.3, 0.4) is 0 Å². The van der Waals surface area contributed by atoms with E-state index in [1.807, 2.05) is 12.1 Å². The summed E-state index contributed by atoms with van der Waals surface area (Å²) in [4.78, 5) is 0. The van der Waals surface area contributed by atoms with Crippen LogP contribution in [0, 0.1) is 23.7 Å². The predicted octanol–water partition coefficient (Wildman–Crippen LogP) is 10.3. The zero-order valence-corrected chi connectivity index (χ0v) is 25.6. The van der Waals surface area contributed by atoms with Crippen molar-refractivity contribution in [3.8, 4) is 34.5 Å². The number of benzene rings is 4. The quantitative estimate of drug-likeness (QED) is 0.174. The highest BCUT2D eigenvalue weighted by atomic mass is 35.5. The van der Waals surface area contributed by atoms with Gasteiger partial charge in [0.15, 0.2) is 0 Å². The molecule has 4 fully saturated rings. The van der Waals surface area contributed by atoms with Gasteiger partial charge in [0.25, 0.3) is 0 Å². The van der Waals surface area contributed by atoms with Crippen LogP contribution in [0.1, 0.15) is 43.6 Å². The van der Waals surface area contributed by atoms with Crippen LogP contribution in [0.25, 0.3) is 0 Å². The van der Waals surface area contributed by atoms with Crippen LogP contribution in [0.5, 0.6) is 34.5 Å². The van der Waals surface area contributed by atoms with Gasteiger partial charge in [-0.3, -0.25) is 0 Å². The van der Waals surface area contributed by atoms with E-state index >= 15 is 0 Å². The van der Waals surface area contributed by atoms with E-state index in [4.69, 9.17) is 66.2 Å². The van der Waals surface area contributed by atoms with Crippen LogP contribution in [-0.4, -0.2) is 0 Å². The molecule has 6 nitrogen and oxygen atoms in total. The maximum absolute atomic E-state index is 6.66. The Kier molecular flexibility index (Phi) is 7.40. The molecule has 6 N–H and O–H groups in total. The fourth-order valence-corrected chi connectivity index (χ4v) is 8.16. The molecule has 0 spiro atoms. The normalized spacial score (nSPS) is 23.7. The molecule has 4 aliphatic rings. The third kappa shape index (κ3) is 5.64. The van der Waals surface area contributed by atoms with Crippen molar-refractivity contribution in [2.45, 2.75) is 38.0 Å². The molecule has 9 heteroatoms. The van der Waals surface area contributed by atoms with E-state index < -0.39 is 0 Å². The molecule has 4 aliphatic carbocycles. The Labute approximate surface area is 266 Å². The number of hydrogen-bond acceptors (Lipinski definition) is 6. The number of halogens is 3. The highest BCUT2D eigenvalue weighted by molar-refractivity contribution is 6.32. The summed E-state index contributed by atoms with van der Waals surface area (Å²) < 4.78 is 19.6. The van der Waals surface area contributed by atoms with E-state index in [0.29, 0.717) is 78.5 Å². The van der Waals surface area contributed by atoms with Crippen LogP contribution in [0.2, 0.25) is 15.1 Å². The number of nitrogens with two attached hydrogens (primary N) is 3. The van der Waals surface area contributed by atoms with E-state index in [9.17, 15) is 0 Å². The lowest BCUT2D eigenvalue weighted by atomic mass is 9.50. The Morgan fingerprint density at radius 2 is 0.884 bits per heavy atom. The number of nitrogen functional groups attached to an aromatic ring is 3. The van der Waals surface area contributed by atoms with Crippen molar-refractivity contribution >= 4 is 51.9 Å². The Morgan fingerprint density at radius 3 is 1.30 bits per heavy atom. The second-order valence-corrected chi connectivity index (χ2v) is 13.4. The van der Waals surface area contributed by atoms with Crippen molar-refractivity contribution < 1.29 is 14.2 Å². The van der Waals surface area contributed by atoms with E-state index in [2.05, 4.69) is 0 Å². The molecule has 0 unspecified atom stereocenters. The lowest BCUT2D eigenvalue weighted by Crippen LogP contribution is -2.43. The molecule has 0 radical (unpaired) electrons. The minimum absolute atomic E-state index is 0.225. The first-order valence-electron chi connectivity index (χ1n) is 14.6. The topological polar surface area (TPSA) is 106 Å². The molecule has 0 saturated heterocycles.